The van der Waals surface area contributed by atoms with Crippen LogP contribution < -0.4 is 4.74 Å². The third kappa shape index (κ3) is 5.02. The lowest BCUT2D eigenvalue weighted by atomic mass is 10.0. The van der Waals surface area contributed by atoms with Crippen LogP contribution in [0.25, 0.3) is 0 Å². The summed E-state index contributed by atoms with van der Waals surface area (Å²) >= 11 is 11.9. The zero-order valence-corrected chi connectivity index (χ0v) is 12.6. The first-order chi connectivity index (χ1) is 9.45. The third-order valence-electron chi connectivity index (χ3n) is 2.55. The fourth-order valence-corrected chi connectivity index (χ4v) is 2.20. The average Bonchev–Trinajstić information content (AvgIpc) is 2.36. The summed E-state index contributed by atoms with van der Waals surface area (Å²) in [6.45, 7) is 2.38. The number of Topliss-reactive ketones (excluding diaryl/α,β-unsaturated/α-hetero) is 1. The maximum absolute atomic E-state index is 12.1. The van der Waals surface area contributed by atoms with E-state index in [1.54, 1.807) is 0 Å². The van der Waals surface area contributed by atoms with Gasteiger partial charge in [0.1, 0.15) is 5.75 Å². The summed E-state index contributed by atoms with van der Waals surface area (Å²) in [5.74, 6) is -0.829. The summed E-state index contributed by atoms with van der Waals surface area (Å²) in [6.07, 6.45) is 1.12. The van der Waals surface area contributed by atoms with E-state index >= 15 is 0 Å². The highest BCUT2D eigenvalue weighted by Crippen LogP contribution is 2.33. The summed E-state index contributed by atoms with van der Waals surface area (Å²) in [5, 5.41) is 9.21. The van der Waals surface area contributed by atoms with Crippen molar-refractivity contribution in [3.63, 3.8) is 0 Å². The summed E-state index contributed by atoms with van der Waals surface area (Å²) in [7, 11) is 0. The van der Waals surface area contributed by atoms with Gasteiger partial charge in [0.15, 0.2) is 5.78 Å². The molecule has 1 aromatic rings. The van der Waals surface area contributed by atoms with Crippen molar-refractivity contribution in [3.05, 3.63) is 27.7 Å². The Labute approximate surface area is 127 Å². The first kappa shape index (κ1) is 16.8. The number of hydrogen-bond acceptors (Lipinski definition) is 3. The van der Waals surface area contributed by atoms with E-state index in [-0.39, 0.29) is 30.1 Å². The average molecular weight is 319 g/mol. The van der Waals surface area contributed by atoms with Gasteiger partial charge < -0.3 is 9.84 Å². The molecule has 0 heterocycles. The van der Waals surface area contributed by atoms with Crippen LogP contribution in [0.3, 0.4) is 0 Å². The molecule has 0 aliphatic carbocycles. The Morgan fingerprint density at radius 2 is 1.95 bits per heavy atom. The van der Waals surface area contributed by atoms with Crippen LogP contribution in [0.2, 0.25) is 10.0 Å². The van der Waals surface area contributed by atoms with Gasteiger partial charge in [-0.25, -0.2) is 0 Å². The summed E-state index contributed by atoms with van der Waals surface area (Å²) in [4.78, 5) is 22.6. The molecule has 0 radical (unpaired) electrons. The molecule has 0 bridgehead atoms. The molecule has 0 saturated carbocycles. The topological polar surface area (TPSA) is 63.6 Å². The maximum atomic E-state index is 12.1. The van der Waals surface area contributed by atoms with E-state index in [1.165, 1.54) is 12.1 Å². The number of aliphatic carboxylic acids is 1. The summed E-state index contributed by atoms with van der Waals surface area (Å²) < 4.78 is 5.49. The molecule has 1 N–H and O–H groups in total. The van der Waals surface area contributed by atoms with Gasteiger partial charge in [-0.1, -0.05) is 30.1 Å². The van der Waals surface area contributed by atoms with Gasteiger partial charge in [0, 0.05) is 17.9 Å². The van der Waals surface area contributed by atoms with Crippen molar-refractivity contribution >= 4 is 35.0 Å². The maximum Gasteiger partial charge on any atom is 0.303 e. The zero-order valence-electron chi connectivity index (χ0n) is 11.1. The molecule has 0 atom stereocenters. The third-order valence-corrected chi connectivity index (χ3v) is 3.05. The first-order valence-electron chi connectivity index (χ1n) is 6.32. The van der Waals surface area contributed by atoms with Crippen LogP contribution in [0.1, 0.15) is 43.0 Å². The molecule has 0 amide bonds. The predicted octanol–water partition coefficient (Wildman–Crippen LogP) is 4.22. The Hall–Kier alpha value is -1.26. The van der Waals surface area contributed by atoms with Gasteiger partial charge in [0.2, 0.25) is 0 Å². The van der Waals surface area contributed by atoms with Gasteiger partial charge in [-0.3, -0.25) is 9.59 Å². The molecule has 0 aliphatic heterocycles. The van der Waals surface area contributed by atoms with Gasteiger partial charge in [0.25, 0.3) is 0 Å². The van der Waals surface area contributed by atoms with Crippen molar-refractivity contribution in [1.82, 2.24) is 0 Å². The fraction of sp³-hybridized carbons (Fsp3) is 0.429. The molecule has 6 heteroatoms. The second-order valence-electron chi connectivity index (χ2n) is 4.28. The quantitative estimate of drug-likeness (QED) is 0.729. The Kier molecular flexibility index (Phi) is 6.82. The van der Waals surface area contributed by atoms with E-state index in [1.807, 2.05) is 6.92 Å². The number of carbonyl (C=O) groups excluding carboxylic acids is 1. The SMILES string of the molecule is CCCOc1c(Cl)cc(Cl)cc1C(=O)CCCC(=O)O. The van der Waals surface area contributed by atoms with E-state index in [0.717, 1.165) is 6.42 Å². The molecule has 0 aromatic heterocycles. The molecule has 20 heavy (non-hydrogen) atoms. The Morgan fingerprint density at radius 1 is 1.25 bits per heavy atom. The molecule has 1 aromatic carbocycles. The van der Waals surface area contributed by atoms with Crippen molar-refractivity contribution in [2.24, 2.45) is 0 Å². The smallest absolute Gasteiger partial charge is 0.303 e. The molecule has 110 valence electrons. The molecule has 0 aliphatic rings. The number of benzene rings is 1. The van der Waals surface area contributed by atoms with Crippen molar-refractivity contribution < 1.29 is 19.4 Å². The number of carbonyl (C=O) groups is 2. The molecule has 0 spiro atoms. The van der Waals surface area contributed by atoms with E-state index in [0.29, 0.717) is 22.9 Å². The molecule has 0 saturated heterocycles. The number of hydrogen-bond donors (Lipinski definition) is 1. The predicted molar refractivity (Wildman–Crippen MR) is 78.1 cm³/mol. The Morgan fingerprint density at radius 3 is 2.55 bits per heavy atom. The largest absolute Gasteiger partial charge is 0.491 e. The van der Waals surface area contributed by atoms with Gasteiger partial charge in [-0.15, -0.1) is 0 Å². The number of ketones is 1. The minimum absolute atomic E-state index is 0.0504. The highest BCUT2D eigenvalue weighted by atomic mass is 35.5. The van der Waals surface area contributed by atoms with Crippen LogP contribution in [0, 0.1) is 0 Å². The monoisotopic (exact) mass is 318 g/mol. The van der Waals surface area contributed by atoms with Gasteiger partial charge in [-0.2, -0.15) is 0 Å². The number of carboxylic acid groups (broad SMARTS) is 1. The minimum atomic E-state index is -0.926. The van der Waals surface area contributed by atoms with E-state index in [4.69, 9.17) is 33.0 Å². The lowest BCUT2D eigenvalue weighted by Crippen LogP contribution is -2.06. The number of rotatable bonds is 8. The highest BCUT2D eigenvalue weighted by molar-refractivity contribution is 6.36. The van der Waals surface area contributed by atoms with Crippen LogP contribution in [0.15, 0.2) is 12.1 Å². The van der Waals surface area contributed by atoms with E-state index in [9.17, 15) is 9.59 Å². The van der Waals surface area contributed by atoms with Crippen LogP contribution in [-0.2, 0) is 4.79 Å². The summed E-state index contributed by atoms with van der Waals surface area (Å²) in [5.41, 5.74) is 0.307. The van der Waals surface area contributed by atoms with Gasteiger partial charge in [0.05, 0.1) is 17.2 Å². The zero-order chi connectivity index (χ0) is 15.1. The number of carboxylic acids is 1. The van der Waals surface area contributed by atoms with E-state index < -0.39 is 5.97 Å². The van der Waals surface area contributed by atoms with Crippen molar-refractivity contribution in [2.45, 2.75) is 32.6 Å². The number of ether oxygens (including phenoxy) is 1. The minimum Gasteiger partial charge on any atom is -0.491 e. The van der Waals surface area contributed by atoms with E-state index in [2.05, 4.69) is 0 Å². The first-order valence-corrected chi connectivity index (χ1v) is 7.08. The molecular weight excluding hydrogens is 303 g/mol. The van der Waals surface area contributed by atoms with Gasteiger partial charge in [-0.05, 0) is 25.0 Å². The number of halogens is 2. The standard InChI is InChI=1S/C14H16Cl2O4/c1-2-6-20-14-10(7-9(15)8-11(14)16)12(17)4-3-5-13(18)19/h7-8H,2-6H2,1H3,(H,18,19). The molecular formula is C14H16Cl2O4. The molecule has 4 nitrogen and oxygen atoms in total. The van der Waals surface area contributed by atoms with Crippen molar-refractivity contribution in [3.8, 4) is 5.75 Å². The second kappa shape index (κ2) is 8.12. The van der Waals surface area contributed by atoms with Gasteiger partial charge >= 0.3 is 5.97 Å². The summed E-state index contributed by atoms with van der Waals surface area (Å²) in [6, 6.07) is 3.02. The Balaban J connectivity index is 2.90. The van der Waals surface area contributed by atoms with Crippen molar-refractivity contribution in [1.29, 1.82) is 0 Å². The lowest BCUT2D eigenvalue weighted by molar-refractivity contribution is -0.137. The normalized spacial score (nSPS) is 10.3. The molecule has 0 unspecified atom stereocenters. The lowest BCUT2D eigenvalue weighted by Gasteiger charge is -2.12. The van der Waals surface area contributed by atoms with Crippen LogP contribution in [0.4, 0.5) is 0 Å². The molecule has 0 fully saturated rings. The Bertz CT molecular complexity index is 500. The van der Waals surface area contributed by atoms with Crippen molar-refractivity contribution in [2.75, 3.05) is 6.61 Å². The second-order valence-corrected chi connectivity index (χ2v) is 5.13. The van der Waals surface area contributed by atoms with Crippen LogP contribution in [0.5, 0.6) is 5.75 Å². The highest BCUT2D eigenvalue weighted by Gasteiger charge is 2.17. The van der Waals surface area contributed by atoms with Crippen LogP contribution in [-0.4, -0.2) is 23.5 Å². The molecule has 1 rings (SSSR count). The fourth-order valence-electron chi connectivity index (χ4n) is 1.65. The van der Waals surface area contributed by atoms with Crippen LogP contribution >= 0.6 is 23.2 Å².